The number of para-hydroxylation sites is 1. The van der Waals surface area contributed by atoms with Gasteiger partial charge >= 0.3 is 5.69 Å². The third-order valence-corrected chi connectivity index (χ3v) is 5.39. The fraction of sp³-hybridized carbons (Fsp3) is 0.409. The summed E-state index contributed by atoms with van der Waals surface area (Å²) in [5.74, 6) is -0.214. The number of hydrogen-bond donors (Lipinski definition) is 1. The Hall–Kier alpha value is -3.89. The molecule has 3 aromatic rings. The third-order valence-electron chi connectivity index (χ3n) is 5.39. The van der Waals surface area contributed by atoms with Crippen LogP contribution in [0.5, 0.6) is 5.75 Å². The van der Waals surface area contributed by atoms with Gasteiger partial charge in [-0.25, -0.2) is 14.3 Å². The Labute approximate surface area is 190 Å². The molecule has 2 heterocycles. The lowest BCUT2D eigenvalue weighted by atomic mass is 10.0. The molecule has 0 aliphatic rings. The number of imidazole rings is 1. The van der Waals surface area contributed by atoms with Crippen LogP contribution in [-0.2, 0) is 30.2 Å². The lowest BCUT2D eigenvalue weighted by Crippen LogP contribution is -2.44. The molecule has 0 radical (unpaired) electrons. The van der Waals surface area contributed by atoms with Crippen molar-refractivity contribution >= 4 is 23.0 Å². The minimum Gasteiger partial charge on any atom is -0.483 e. The van der Waals surface area contributed by atoms with Crippen molar-refractivity contribution in [3.63, 3.8) is 0 Å². The van der Waals surface area contributed by atoms with E-state index in [1.165, 1.54) is 27.4 Å². The van der Waals surface area contributed by atoms with Crippen LogP contribution < -0.4 is 21.3 Å². The first kappa shape index (κ1) is 23.8. The van der Waals surface area contributed by atoms with Gasteiger partial charge in [-0.1, -0.05) is 25.1 Å². The van der Waals surface area contributed by atoms with E-state index in [0.717, 1.165) is 4.57 Å². The molecule has 0 bridgehead atoms. The number of rotatable bonds is 8. The molecule has 0 aliphatic heterocycles. The maximum Gasteiger partial charge on any atom is 0.332 e. The zero-order valence-electron chi connectivity index (χ0n) is 19.4. The smallest absolute Gasteiger partial charge is 0.332 e. The molecule has 1 atom stereocenters. The van der Waals surface area contributed by atoms with Gasteiger partial charge in [0.15, 0.2) is 17.8 Å². The molecule has 11 nitrogen and oxygen atoms in total. The number of nitrogens with zero attached hydrogens (tertiary/aromatic N) is 5. The Morgan fingerprint density at radius 3 is 2.55 bits per heavy atom. The van der Waals surface area contributed by atoms with Crippen molar-refractivity contribution in [1.82, 2.24) is 28.9 Å². The highest BCUT2D eigenvalue weighted by atomic mass is 16.5. The van der Waals surface area contributed by atoms with Crippen molar-refractivity contribution in [2.24, 2.45) is 14.1 Å². The molecule has 1 unspecified atom stereocenters. The number of amides is 2. The summed E-state index contributed by atoms with van der Waals surface area (Å²) >= 11 is 0. The van der Waals surface area contributed by atoms with Crippen molar-refractivity contribution in [2.45, 2.75) is 25.9 Å². The van der Waals surface area contributed by atoms with Gasteiger partial charge in [0, 0.05) is 33.8 Å². The number of benzene rings is 1. The molecule has 176 valence electrons. The highest BCUT2D eigenvalue weighted by Gasteiger charge is 2.21. The van der Waals surface area contributed by atoms with Crippen molar-refractivity contribution in [2.75, 3.05) is 20.7 Å². The average Bonchev–Trinajstić information content (AvgIpc) is 3.19. The van der Waals surface area contributed by atoms with Crippen molar-refractivity contribution in [3.05, 3.63) is 57.0 Å². The number of aromatic nitrogens is 4. The molecule has 1 aromatic carbocycles. The highest BCUT2D eigenvalue weighted by molar-refractivity contribution is 5.78. The number of carbonyl (C=O) groups is 2. The lowest BCUT2D eigenvalue weighted by molar-refractivity contribution is -0.130. The fourth-order valence-electron chi connectivity index (χ4n) is 3.49. The van der Waals surface area contributed by atoms with Crippen LogP contribution in [0, 0.1) is 0 Å². The Kier molecular flexibility index (Phi) is 7.00. The van der Waals surface area contributed by atoms with Crippen molar-refractivity contribution in [3.8, 4) is 5.75 Å². The monoisotopic (exact) mass is 456 g/mol. The van der Waals surface area contributed by atoms with Crippen LogP contribution in [0.3, 0.4) is 0 Å². The lowest BCUT2D eigenvalue weighted by Gasteiger charge is -2.21. The van der Waals surface area contributed by atoms with Crippen LogP contribution in [-0.4, -0.2) is 56.1 Å². The first-order valence-electron chi connectivity index (χ1n) is 10.5. The predicted octanol–water partition coefficient (Wildman–Crippen LogP) is 0.168. The number of fused-ring (bicyclic) bond motifs is 1. The zero-order valence-corrected chi connectivity index (χ0v) is 19.4. The molecule has 1 N–H and O–H groups in total. The molecular weight excluding hydrogens is 428 g/mol. The second-order valence-corrected chi connectivity index (χ2v) is 7.90. The molecule has 11 heteroatoms. The summed E-state index contributed by atoms with van der Waals surface area (Å²) in [6.45, 7) is 1.31. The standard InChI is InChI=1S/C22H28N6O5/c1-6-15(14-9-7-8-10-16(14)33-12-18(30)25(2)3)24-17(29)11-28-21(31)19-20(23-13-26(19)4)27(5)22(28)32/h7-10,13,15H,6,11-12H2,1-5H3,(H,24,29). The first-order chi connectivity index (χ1) is 15.6. The quantitative estimate of drug-likeness (QED) is 0.516. The van der Waals surface area contributed by atoms with Crippen LogP contribution >= 0.6 is 0 Å². The first-order valence-corrected chi connectivity index (χ1v) is 10.5. The Morgan fingerprint density at radius 1 is 1.18 bits per heavy atom. The van der Waals surface area contributed by atoms with Gasteiger partial charge in [0.25, 0.3) is 11.5 Å². The summed E-state index contributed by atoms with van der Waals surface area (Å²) in [6, 6.07) is 6.67. The van der Waals surface area contributed by atoms with Gasteiger partial charge in [0.2, 0.25) is 5.91 Å². The maximum absolute atomic E-state index is 12.9. The van der Waals surface area contributed by atoms with E-state index in [0.29, 0.717) is 17.7 Å². The summed E-state index contributed by atoms with van der Waals surface area (Å²) in [5.41, 5.74) is -0.0139. The van der Waals surface area contributed by atoms with Gasteiger partial charge in [-0.15, -0.1) is 0 Å². The molecule has 0 saturated heterocycles. The maximum atomic E-state index is 12.9. The molecular formula is C22H28N6O5. The summed E-state index contributed by atoms with van der Waals surface area (Å²) in [7, 11) is 6.43. The van der Waals surface area contributed by atoms with E-state index in [1.807, 2.05) is 6.92 Å². The van der Waals surface area contributed by atoms with Gasteiger partial charge in [0.1, 0.15) is 12.3 Å². The molecule has 3 rings (SSSR count). The fourth-order valence-corrected chi connectivity index (χ4v) is 3.49. The zero-order chi connectivity index (χ0) is 24.3. The Balaban J connectivity index is 1.84. The molecule has 33 heavy (non-hydrogen) atoms. The van der Waals surface area contributed by atoms with E-state index in [1.54, 1.807) is 45.4 Å². The number of carbonyl (C=O) groups excluding carboxylic acids is 2. The van der Waals surface area contributed by atoms with Gasteiger partial charge < -0.3 is 19.5 Å². The minimum absolute atomic E-state index is 0.134. The van der Waals surface area contributed by atoms with Crippen LogP contribution in [0.1, 0.15) is 24.9 Å². The second kappa shape index (κ2) is 9.72. The van der Waals surface area contributed by atoms with Crippen LogP contribution in [0.4, 0.5) is 0 Å². The molecule has 0 aliphatic carbocycles. The minimum atomic E-state index is -0.625. The van der Waals surface area contributed by atoms with Gasteiger partial charge in [0.05, 0.1) is 12.4 Å². The molecule has 0 saturated carbocycles. The van der Waals surface area contributed by atoms with E-state index >= 15 is 0 Å². The Bertz CT molecular complexity index is 1300. The van der Waals surface area contributed by atoms with Gasteiger partial charge in [-0.2, -0.15) is 0 Å². The average molecular weight is 457 g/mol. The van der Waals surface area contributed by atoms with E-state index in [9.17, 15) is 19.2 Å². The van der Waals surface area contributed by atoms with E-state index in [4.69, 9.17) is 4.74 Å². The number of hydrogen-bond acceptors (Lipinski definition) is 6. The normalized spacial score (nSPS) is 11.9. The molecule has 0 spiro atoms. The van der Waals surface area contributed by atoms with Crippen LogP contribution in [0.25, 0.3) is 11.2 Å². The number of ether oxygens (including phenoxy) is 1. The second-order valence-electron chi connectivity index (χ2n) is 7.90. The summed E-state index contributed by atoms with van der Waals surface area (Å²) in [6.07, 6.45) is 1.97. The molecule has 0 fully saturated rings. The summed E-state index contributed by atoms with van der Waals surface area (Å²) in [5, 5.41) is 2.87. The third kappa shape index (κ3) is 4.81. The topological polar surface area (TPSA) is 120 Å². The van der Waals surface area contributed by atoms with Crippen molar-refractivity contribution < 1.29 is 14.3 Å². The summed E-state index contributed by atoms with van der Waals surface area (Å²) < 4.78 is 9.34. The van der Waals surface area contributed by atoms with E-state index < -0.39 is 29.7 Å². The molecule has 2 aromatic heterocycles. The number of aryl methyl sites for hydroxylation is 2. The number of nitrogens with one attached hydrogen (secondary N) is 1. The van der Waals surface area contributed by atoms with Crippen molar-refractivity contribution in [1.29, 1.82) is 0 Å². The van der Waals surface area contributed by atoms with E-state index in [-0.39, 0.29) is 23.7 Å². The Morgan fingerprint density at radius 2 is 1.88 bits per heavy atom. The van der Waals surface area contributed by atoms with Crippen LogP contribution in [0.15, 0.2) is 40.2 Å². The summed E-state index contributed by atoms with van der Waals surface area (Å²) in [4.78, 5) is 55.8. The van der Waals surface area contributed by atoms with E-state index in [2.05, 4.69) is 10.3 Å². The molecule has 2 amide bonds. The van der Waals surface area contributed by atoms with Gasteiger partial charge in [-0.3, -0.25) is 19.0 Å². The van der Waals surface area contributed by atoms with Crippen LogP contribution in [0.2, 0.25) is 0 Å². The SMILES string of the molecule is CCC(NC(=O)Cn1c(=O)c2c(ncn2C)n(C)c1=O)c1ccccc1OCC(=O)N(C)C. The van der Waals surface area contributed by atoms with Gasteiger partial charge in [-0.05, 0) is 12.5 Å². The number of likely N-dealkylation sites (N-methyl/N-ethyl adjacent to an activating group) is 1. The largest absolute Gasteiger partial charge is 0.483 e. The predicted molar refractivity (Wildman–Crippen MR) is 122 cm³/mol. The highest BCUT2D eigenvalue weighted by Crippen LogP contribution is 2.27.